The zero-order valence-electron chi connectivity index (χ0n) is 49.1. The van der Waals surface area contributed by atoms with Crippen molar-refractivity contribution >= 4 is 75.8 Å². The van der Waals surface area contributed by atoms with Crippen LogP contribution in [0.3, 0.4) is 0 Å². The molecule has 2 aromatic heterocycles. The number of carboxylic acids is 1. The number of esters is 1. The molecule has 0 spiro atoms. The molecule has 7 N–H and O–H groups in total. The number of aliphatic hydroxyl groups is 1. The highest BCUT2D eigenvalue weighted by Crippen LogP contribution is 2.46. The van der Waals surface area contributed by atoms with E-state index in [1.807, 2.05) is 0 Å². The van der Waals surface area contributed by atoms with Gasteiger partial charge in [0.2, 0.25) is 41.4 Å². The first-order valence-corrected chi connectivity index (χ1v) is 29.6. The quantitative estimate of drug-likeness (QED) is 0.0190. The molecule has 1 saturated heterocycles. The molecule has 464 valence electrons. The number of carbonyl (C=O) groups excluding carboxylic acids is 10. The van der Waals surface area contributed by atoms with Gasteiger partial charge in [-0.15, -0.1) is 0 Å². The lowest BCUT2D eigenvalue weighted by atomic mass is 9.81. The van der Waals surface area contributed by atoms with Crippen LogP contribution in [-0.2, 0) is 89.1 Å². The van der Waals surface area contributed by atoms with Gasteiger partial charge < -0.3 is 46.1 Å². The highest BCUT2D eigenvalue weighted by atomic mass is 19.1. The Morgan fingerprint density at radius 2 is 1.55 bits per heavy atom. The molecule has 0 saturated carbocycles. The first kappa shape index (κ1) is 64.4. The molecular formula is C62H74FN9O15. The van der Waals surface area contributed by atoms with Crippen molar-refractivity contribution in [3.05, 3.63) is 97.6 Å². The number of likely N-dealkylation sites (tertiary alicyclic amines) is 1. The van der Waals surface area contributed by atoms with E-state index >= 15 is 4.39 Å². The van der Waals surface area contributed by atoms with Crippen LogP contribution in [0.4, 0.5) is 4.39 Å². The number of nitrogens with one attached hydrogen (secondary N) is 5. The fourth-order valence-electron chi connectivity index (χ4n) is 11.8. The Kier molecular flexibility index (Phi) is 21.3. The summed E-state index contributed by atoms with van der Waals surface area (Å²) in [5, 5.41) is 35.2. The molecule has 7 amide bonds. The van der Waals surface area contributed by atoms with E-state index in [0.717, 1.165) is 11.1 Å². The number of rotatable bonds is 31. The number of carbonyl (C=O) groups is 11. The van der Waals surface area contributed by atoms with Crippen molar-refractivity contribution in [3.63, 3.8) is 0 Å². The molecule has 24 nitrogen and oxygen atoms in total. The molecule has 3 aliphatic heterocycles. The maximum absolute atomic E-state index is 15.4. The predicted octanol–water partition coefficient (Wildman–Crippen LogP) is 2.53. The maximum Gasteiger partial charge on any atom is 0.343 e. The Labute approximate surface area is 500 Å². The van der Waals surface area contributed by atoms with Gasteiger partial charge in [-0.1, -0.05) is 50.6 Å². The summed E-state index contributed by atoms with van der Waals surface area (Å²) in [5.74, 6) is -6.55. The third-order valence-electron chi connectivity index (χ3n) is 16.6. The van der Waals surface area contributed by atoms with Crippen molar-refractivity contribution in [1.29, 1.82) is 0 Å². The van der Waals surface area contributed by atoms with Crippen LogP contribution < -0.4 is 32.1 Å². The lowest BCUT2D eigenvalue weighted by Gasteiger charge is -2.31. The number of unbranched alkanes of at least 4 members (excludes halogenated alkanes) is 2. The van der Waals surface area contributed by atoms with Crippen molar-refractivity contribution in [2.24, 2.45) is 5.92 Å². The lowest BCUT2D eigenvalue weighted by molar-refractivity contribution is -0.172. The van der Waals surface area contributed by atoms with E-state index in [9.17, 15) is 67.7 Å². The Balaban J connectivity index is 0.764. The number of ether oxygens (including phenoxy) is 1. The van der Waals surface area contributed by atoms with Gasteiger partial charge in [-0.25, -0.2) is 14.2 Å². The minimum absolute atomic E-state index is 0.00601. The molecule has 4 atom stereocenters. The number of carboxylic acid groups (broad SMARTS) is 1. The van der Waals surface area contributed by atoms with Gasteiger partial charge in [0.05, 0.1) is 60.7 Å². The Morgan fingerprint density at radius 1 is 0.828 bits per heavy atom. The molecule has 0 radical (unpaired) electrons. The summed E-state index contributed by atoms with van der Waals surface area (Å²) in [6, 6.07) is 10.2. The molecule has 1 aliphatic carbocycles. The number of amides is 7. The monoisotopic (exact) mass is 1200 g/mol. The van der Waals surface area contributed by atoms with Gasteiger partial charge >= 0.3 is 11.9 Å². The largest absolute Gasteiger partial charge is 0.480 e. The number of benzene rings is 2. The van der Waals surface area contributed by atoms with Gasteiger partial charge in [-0.3, -0.25) is 62.5 Å². The summed E-state index contributed by atoms with van der Waals surface area (Å²) in [6.45, 7) is 3.84. The van der Waals surface area contributed by atoms with Gasteiger partial charge in [-0.05, 0) is 80.2 Å². The summed E-state index contributed by atoms with van der Waals surface area (Å²) >= 11 is 0. The fraction of sp³-hybridized carbons (Fsp3) is 0.500. The second kappa shape index (κ2) is 28.7. The van der Waals surface area contributed by atoms with Gasteiger partial charge in [0.1, 0.15) is 12.4 Å². The van der Waals surface area contributed by atoms with E-state index in [2.05, 4.69) is 26.6 Å². The third kappa shape index (κ3) is 15.5. The number of aryl methyl sites for hydroxylation is 1. The molecule has 5 heterocycles. The van der Waals surface area contributed by atoms with Crippen LogP contribution >= 0.6 is 0 Å². The van der Waals surface area contributed by atoms with Gasteiger partial charge in [0, 0.05) is 99.6 Å². The Hall–Kier alpha value is -8.58. The average Bonchev–Trinajstić information content (AvgIpc) is 1.65. The van der Waals surface area contributed by atoms with Crippen LogP contribution in [0.5, 0.6) is 0 Å². The van der Waals surface area contributed by atoms with Crippen LogP contribution in [0.1, 0.15) is 142 Å². The van der Waals surface area contributed by atoms with Crippen LogP contribution in [0.25, 0.3) is 22.3 Å². The van der Waals surface area contributed by atoms with Gasteiger partial charge in [0.25, 0.3) is 5.56 Å². The van der Waals surface area contributed by atoms with Crippen molar-refractivity contribution in [1.82, 2.24) is 45.9 Å². The molecule has 25 heteroatoms. The number of Topliss-reactive ketones (excluding diaryl/α,β-unsaturated/α-hetero) is 2. The van der Waals surface area contributed by atoms with Crippen molar-refractivity contribution in [3.8, 4) is 11.4 Å². The number of halogens is 1. The molecule has 8 rings (SSSR count). The predicted molar refractivity (Wildman–Crippen MR) is 310 cm³/mol. The molecule has 87 heavy (non-hydrogen) atoms. The molecule has 2 unspecified atom stereocenters. The second-order valence-corrected chi connectivity index (χ2v) is 22.8. The summed E-state index contributed by atoms with van der Waals surface area (Å²) < 4.78 is 22.1. The number of fused-ring (bicyclic) bond motifs is 5. The number of ketones is 2. The van der Waals surface area contributed by atoms with Crippen molar-refractivity contribution < 1.29 is 72.1 Å². The standard InChI is InChI=1S/C62H74FN9O15/c1-4-62(86)42-28-47-58-40(31-72(47)60(84)41(42)34-87-61(62)85)57-44(18-17-39-36(3)43(63)29-46(69-58)56(39)57)67-51(77)15-11-22-64-50(76)21-19-48(74)45(27-37-12-7-5-8-13-37)68-52(78)20-16-38(73)30-66-53(79)32-70(33-55(81)82)25-23-65-49(75)14-9-6-10-24-71-54(80)26-35(2)59(71)83/h5,7-8,12-13,28-29,35,44-45,86H,4,6,9-11,14-27,30-34H2,1-3H3,(H,64,76)(H,65,75)(H,66,79)(H,67,77)(H,68,78)(H,81,82)/t35?,44?,45-,62-/m0/s1. The highest BCUT2D eigenvalue weighted by molar-refractivity contribution is 6.03. The Bertz CT molecular complexity index is 3460. The van der Waals surface area contributed by atoms with Crippen LogP contribution in [-0.4, -0.2) is 146 Å². The topological polar surface area (TPSA) is 339 Å². The molecular weight excluding hydrogens is 1130 g/mol. The normalized spacial score (nSPS) is 17.7. The number of imide groups is 1. The third-order valence-corrected chi connectivity index (χ3v) is 16.6. The number of nitrogens with zero attached hydrogens (tertiary/aromatic N) is 4. The first-order chi connectivity index (χ1) is 41.6. The number of aliphatic carboxylic acids is 1. The number of pyridine rings is 2. The smallest absolute Gasteiger partial charge is 0.343 e. The van der Waals surface area contributed by atoms with Crippen LogP contribution in [0.15, 0.2) is 47.3 Å². The summed E-state index contributed by atoms with van der Waals surface area (Å²) in [7, 11) is 0. The van der Waals surface area contributed by atoms with Crippen LogP contribution in [0.2, 0.25) is 0 Å². The van der Waals surface area contributed by atoms with Crippen molar-refractivity contribution in [2.45, 2.75) is 148 Å². The molecule has 4 aromatic rings. The zero-order valence-corrected chi connectivity index (χ0v) is 49.1. The van der Waals surface area contributed by atoms with E-state index < -0.39 is 89.9 Å². The number of aromatic nitrogens is 2. The summed E-state index contributed by atoms with van der Waals surface area (Å²) in [6.07, 6.45) is 2.11. The SMILES string of the molecule is CC[C@@]1(O)C(=O)OCc2c1cc1n(c2=O)Cc2c-1nc1cc(F)c(C)c3c1c2C(NC(=O)CCCNC(=O)CCC(=O)[C@H](Cc1ccccc1)NC(=O)CCC(=O)CNC(=O)CN(CCNC(=O)CCCCCN1C(=O)CC(C)C1=O)CC(=O)O)CC3. The number of hydrogen-bond donors (Lipinski definition) is 7. The molecule has 0 bridgehead atoms. The van der Waals surface area contributed by atoms with Gasteiger partial charge in [-0.2, -0.15) is 0 Å². The lowest BCUT2D eigenvalue weighted by Crippen LogP contribution is -2.44. The fourth-order valence-corrected chi connectivity index (χ4v) is 11.8. The zero-order chi connectivity index (χ0) is 62.7. The van der Waals surface area contributed by atoms with Gasteiger partial charge in [0.15, 0.2) is 17.2 Å². The Morgan fingerprint density at radius 3 is 2.28 bits per heavy atom. The minimum atomic E-state index is -2.05. The summed E-state index contributed by atoms with van der Waals surface area (Å²) in [5.41, 5.74) is 2.11. The molecule has 4 aliphatic rings. The first-order valence-electron chi connectivity index (χ1n) is 29.6. The summed E-state index contributed by atoms with van der Waals surface area (Å²) in [4.78, 5) is 161. The van der Waals surface area contributed by atoms with E-state index in [0.29, 0.717) is 77.6 Å². The second-order valence-electron chi connectivity index (χ2n) is 22.8. The van der Waals surface area contributed by atoms with E-state index in [1.165, 1.54) is 20.4 Å². The highest BCUT2D eigenvalue weighted by Gasteiger charge is 2.46. The maximum atomic E-state index is 15.4. The minimum Gasteiger partial charge on any atom is -0.480 e. The van der Waals surface area contributed by atoms with Crippen molar-refractivity contribution in [2.75, 3.05) is 45.8 Å². The van der Waals surface area contributed by atoms with Crippen LogP contribution in [0, 0.1) is 18.7 Å². The molecule has 1 fully saturated rings. The van der Waals surface area contributed by atoms with E-state index in [1.54, 1.807) is 57.2 Å². The average molecular weight is 1200 g/mol. The molecule has 2 aromatic carbocycles. The van der Waals surface area contributed by atoms with E-state index in [4.69, 9.17) is 9.72 Å². The number of hydrogen-bond acceptors (Lipinski definition) is 16. The van der Waals surface area contributed by atoms with E-state index in [-0.39, 0.29) is 138 Å². The number of cyclic esters (lactones) is 1.